The van der Waals surface area contributed by atoms with Gasteiger partial charge in [0.15, 0.2) is 0 Å². The Morgan fingerprint density at radius 1 is 1.00 bits per heavy atom. The summed E-state index contributed by atoms with van der Waals surface area (Å²) in [5.74, 6) is 0.932. The third-order valence-electron chi connectivity index (χ3n) is 5.11. The summed E-state index contributed by atoms with van der Waals surface area (Å²) in [5.41, 5.74) is 2.42. The fourth-order valence-electron chi connectivity index (χ4n) is 3.67. The zero-order valence-electron chi connectivity index (χ0n) is 18.1. The first-order valence-electron chi connectivity index (χ1n) is 10.5. The molecule has 0 radical (unpaired) electrons. The summed E-state index contributed by atoms with van der Waals surface area (Å²) in [5, 5.41) is 4.38. The maximum absolute atomic E-state index is 12.5. The van der Waals surface area contributed by atoms with Crippen LogP contribution in [0.2, 0.25) is 0 Å². The summed E-state index contributed by atoms with van der Waals surface area (Å²) in [6.07, 6.45) is 3.19. The fraction of sp³-hybridized carbons (Fsp3) is 0.417. The number of carbonyl (C=O) groups excluding carboxylic acids is 2. The summed E-state index contributed by atoms with van der Waals surface area (Å²) in [6.45, 7) is 6.24. The van der Waals surface area contributed by atoms with Crippen LogP contribution in [-0.4, -0.2) is 45.5 Å². The van der Waals surface area contributed by atoms with Crippen LogP contribution in [-0.2, 0) is 27.1 Å². The average molecular weight is 427 g/mol. The fourth-order valence-corrected chi connectivity index (χ4v) is 3.67. The molecule has 166 valence electrons. The number of benzene rings is 2. The molecule has 0 unspecified atom stereocenters. The van der Waals surface area contributed by atoms with Gasteiger partial charge in [-0.05, 0) is 32.6 Å². The van der Waals surface area contributed by atoms with Crippen LogP contribution >= 0.6 is 0 Å². The minimum absolute atomic E-state index is 0.0475. The summed E-state index contributed by atoms with van der Waals surface area (Å²) in [4.78, 5) is 23.9. The highest BCUT2D eigenvalue weighted by Gasteiger charge is 2.25. The molecule has 1 aliphatic rings. The van der Waals surface area contributed by atoms with E-state index in [0.717, 1.165) is 53.3 Å². The molecule has 0 saturated carbocycles. The number of carbonyl (C=O) groups is 2. The first kappa shape index (κ1) is 22.6. The van der Waals surface area contributed by atoms with E-state index in [4.69, 9.17) is 18.9 Å². The highest BCUT2D eigenvalue weighted by molar-refractivity contribution is 5.97. The first-order chi connectivity index (χ1) is 15.0. The molecular weight excluding hydrogens is 398 g/mol. The van der Waals surface area contributed by atoms with Crippen LogP contribution in [0.15, 0.2) is 36.4 Å². The predicted molar refractivity (Wildman–Crippen MR) is 118 cm³/mol. The van der Waals surface area contributed by atoms with E-state index in [9.17, 15) is 9.59 Å². The monoisotopic (exact) mass is 427 g/mol. The maximum Gasteiger partial charge on any atom is 0.412 e. The second-order valence-corrected chi connectivity index (χ2v) is 7.44. The van der Waals surface area contributed by atoms with Crippen LogP contribution in [0.3, 0.4) is 0 Å². The molecule has 1 N–H and O–H groups in total. The van der Waals surface area contributed by atoms with Gasteiger partial charge in [-0.25, -0.2) is 9.59 Å². The molecule has 0 fully saturated rings. The number of rotatable bonds is 9. The Kier molecular flexibility index (Phi) is 7.89. The zero-order chi connectivity index (χ0) is 22.2. The lowest BCUT2D eigenvalue weighted by molar-refractivity contribution is -0.138. The molecule has 2 aromatic carbocycles. The first-order valence-corrected chi connectivity index (χ1v) is 10.5. The lowest BCUT2D eigenvalue weighted by Gasteiger charge is -2.25. The van der Waals surface area contributed by atoms with Crippen molar-refractivity contribution in [2.24, 2.45) is 0 Å². The van der Waals surface area contributed by atoms with Crippen LogP contribution in [0.25, 0.3) is 10.8 Å². The standard InChI is InChI=1S/C24H29NO6/c1-16(2)23(26)30-13-12-25-24(27)31-22-19-10-6-4-8-17(19)21(29-15-14-28-3)18-9-5-7-11-20(18)22/h4,6,8,10H,1,5,7,9,11-15H2,2-3H3,(H,25,27). The number of esters is 1. The number of nitrogens with one attached hydrogen (secondary N) is 1. The molecule has 3 rings (SSSR count). The number of hydrogen-bond donors (Lipinski definition) is 1. The van der Waals surface area contributed by atoms with Gasteiger partial charge in [0.05, 0.1) is 13.2 Å². The zero-order valence-corrected chi connectivity index (χ0v) is 18.1. The van der Waals surface area contributed by atoms with Gasteiger partial charge in [0, 0.05) is 34.6 Å². The highest BCUT2D eigenvalue weighted by Crippen LogP contribution is 2.44. The van der Waals surface area contributed by atoms with Crippen LogP contribution in [0.1, 0.15) is 30.9 Å². The average Bonchev–Trinajstić information content (AvgIpc) is 2.78. The van der Waals surface area contributed by atoms with Gasteiger partial charge >= 0.3 is 12.1 Å². The van der Waals surface area contributed by atoms with Gasteiger partial charge in [0.2, 0.25) is 0 Å². The van der Waals surface area contributed by atoms with E-state index in [0.29, 0.717) is 24.5 Å². The van der Waals surface area contributed by atoms with Crippen LogP contribution < -0.4 is 14.8 Å². The van der Waals surface area contributed by atoms with E-state index in [-0.39, 0.29) is 13.2 Å². The van der Waals surface area contributed by atoms with E-state index in [1.54, 1.807) is 14.0 Å². The normalized spacial score (nSPS) is 12.7. The molecule has 1 amide bonds. The van der Waals surface area contributed by atoms with E-state index in [1.165, 1.54) is 0 Å². The van der Waals surface area contributed by atoms with Crippen LogP contribution in [0.4, 0.5) is 4.79 Å². The third kappa shape index (κ3) is 5.55. The molecule has 0 saturated heterocycles. The lowest BCUT2D eigenvalue weighted by Crippen LogP contribution is -2.31. The minimum atomic E-state index is -0.586. The summed E-state index contributed by atoms with van der Waals surface area (Å²) < 4.78 is 22.0. The van der Waals surface area contributed by atoms with E-state index >= 15 is 0 Å². The van der Waals surface area contributed by atoms with Crippen LogP contribution in [0.5, 0.6) is 11.5 Å². The minimum Gasteiger partial charge on any atom is -0.490 e. The van der Waals surface area contributed by atoms with Gasteiger partial charge < -0.3 is 24.3 Å². The summed E-state index contributed by atoms with van der Waals surface area (Å²) in [7, 11) is 1.64. The summed E-state index contributed by atoms with van der Waals surface area (Å²) >= 11 is 0. The van der Waals surface area contributed by atoms with Gasteiger partial charge in [-0.3, -0.25) is 0 Å². The largest absolute Gasteiger partial charge is 0.490 e. The van der Waals surface area contributed by atoms with Crippen molar-refractivity contribution in [3.05, 3.63) is 47.5 Å². The SMILES string of the molecule is C=C(C)C(=O)OCCNC(=O)Oc1c2c(c(OCCOC)c3ccccc13)CCCC2. The molecular formula is C24H29NO6. The van der Waals surface area contributed by atoms with Crippen LogP contribution in [0, 0.1) is 0 Å². The van der Waals surface area contributed by atoms with E-state index < -0.39 is 12.1 Å². The highest BCUT2D eigenvalue weighted by atomic mass is 16.6. The van der Waals surface area contributed by atoms with Crippen molar-refractivity contribution >= 4 is 22.8 Å². The molecule has 0 bridgehead atoms. The molecule has 0 heterocycles. The second-order valence-electron chi connectivity index (χ2n) is 7.44. The van der Waals surface area contributed by atoms with Crippen molar-refractivity contribution in [1.29, 1.82) is 0 Å². The van der Waals surface area contributed by atoms with Crippen molar-refractivity contribution in [2.75, 3.05) is 33.5 Å². The topological polar surface area (TPSA) is 83.1 Å². The van der Waals surface area contributed by atoms with Gasteiger partial charge in [0.25, 0.3) is 0 Å². The number of amides is 1. The maximum atomic E-state index is 12.5. The molecule has 1 aliphatic carbocycles. The Morgan fingerprint density at radius 3 is 2.29 bits per heavy atom. The van der Waals surface area contributed by atoms with Crippen molar-refractivity contribution in [3.8, 4) is 11.5 Å². The smallest absolute Gasteiger partial charge is 0.412 e. The number of fused-ring (bicyclic) bond motifs is 2. The Bertz CT molecular complexity index is 968. The lowest BCUT2D eigenvalue weighted by atomic mass is 9.87. The van der Waals surface area contributed by atoms with Crippen molar-refractivity contribution in [3.63, 3.8) is 0 Å². The quantitative estimate of drug-likeness (QED) is 0.371. The molecule has 0 atom stereocenters. The second kappa shape index (κ2) is 10.8. The van der Waals surface area contributed by atoms with Crippen molar-refractivity contribution in [1.82, 2.24) is 5.32 Å². The molecule has 0 aromatic heterocycles. The number of methoxy groups -OCH3 is 1. The molecule has 2 aromatic rings. The van der Waals surface area contributed by atoms with Gasteiger partial charge in [0.1, 0.15) is 24.7 Å². The Balaban J connectivity index is 1.81. The summed E-state index contributed by atoms with van der Waals surface area (Å²) in [6, 6.07) is 7.78. The van der Waals surface area contributed by atoms with E-state index in [1.807, 2.05) is 24.3 Å². The predicted octanol–water partition coefficient (Wildman–Crippen LogP) is 3.95. The Labute approximate surface area is 182 Å². The Hall–Kier alpha value is -3.06. The number of hydrogen-bond acceptors (Lipinski definition) is 6. The Morgan fingerprint density at radius 2 is 1.65 bits per heavy atom. The van der Waals surface area contributed by atoms with Gasteiger partial charge in [-0.2, -0.15) is 0 Å². The molecule has 0 spiro atoms. The molecule has 7 heteroatoms. The molecule has 31 heavy (non-hydrogen) atoms. The molecule has 0 aliphatic heterocycles. The van der Waals surface area contributed by atoms with E-state index in [2.05, 4.69) is 11.9 Å². The molecule has 7 nitrogen and oxygen atoms in total. The van der Waals surface area contributed by atoms with Crippen molar-refractivity contribution < 1.29 is 28.5 Å². The van der Waals surface area contributed by atoms with Crippen molar-refractivity contribution in [2.45, 2.75) is 32.6 Å². The number of ether oxygens (including phenoxy) is 4. The van der Waals surface area contributed by atoms with Gasteiger partial charge in [-0.1, -0.05) is 30.8 Å². The van der Waals surface area contributed by atoms with Gasteiger partial charge in [-0.15, -0.1) is 0 Å². The third-order valence-corrected chi connectivity index (χ3v) is 5.11.